The van der Waals surface area contributed by atoms with Crippen molar-refractivity contribution in [1.29, 1.82) is 0 Å². The summed E-state index contributed by atoms with van der Waals surface area (Å²) >= 11 is 7.55. The first kappa shape index (κ1) is 23.6. The van der Waals surface area contributed by atoms with Gasteiger partial charge in [0, 0.05) is 43.3 Å². The lowest BCUT2D eigenvalue weighted by Gasteiger charge is -2.36. The molecule has 0 spiro atoms. The van der Waals surface area contributed by atoms with Crippen LogP contribution in [0.15, 0.2) is 41.6 Å². The van der Waals surface area contributed by atoms with E-state index in [1.54, 1.807) is 12.1 Å². The van der Waals surface area contributed by atoms with Crippen LogP contribution in [-0.2, 0) is 11.3 Å². The molecule has 0 N–H and O–H groups in total. The summed E-state index contributed by atoms with van der Waals surface area (Å²) in [6.07, 6.45) is 0.960. The standard InChI is InChI=1S/C24H26ClFN4O2S/c1-3-8-30-22-7-5-18(25)14-20(22)27-24(30)33-15-23(32)29-11-9-28(10-12-29)21-6-4-17(16(2)31)13-19(21)26/h4-7,13-14H,3,8-12,15H2,1-2H3. The van der Waals surface area contributed by atoms with E-state index in [-0.39, 0.29) is 11.7 Å². The zero-order valence-electron chi connectivity index (χ0n) is 18.7. The summed E-state index contributed by atoms with van der Waals surface area (Å²) in [6.45, 7) is 6.48. The molecule has 4 rings (SSSR count). The number of hydrogen-bond acceptors (Lipinski definition) is 5. The number of amides is 1. The molecular weight excluding hydrogens is 463 g/mol. The van der Waals surface area contributed by atoms with Crippen LogP contribution in [0.5, 0.6) is 0 Å². The Morgan fingerprint density at radius 2 is 1.88 bits per heavy atom. The van der Waals surface area contributed by atoms with E-state index in [0.29, 0.717) is 48.2 Å². The van der Waals surface area contributed by atoms with Gasteiger partial charge in [0.1, 0.15) is 5.82 Å². The van der Waals surface area contributed by atoms with E-state index in [1.165, 1.54) is 24.8 Å². The lowest BCUT2D eigenvalue weighted by molar-refractivity contribution is -0.128. The molecular formula is C24H26ClFN4O2S. The smallest absolute Gasteiger partial charge is 0.233 e. The van der Waals surface area contributed by atoms with E-state index >= 15 is 0 Å². The SMILES string of the molecule is CCCn1c(SCC(=O)N2CCN(c3ccc(C(C)=O)cc3F)CC2)nc2cc(Cl)ccc21. The molecule has 9 heteroatoms. The van der Waals surface area contributed by atoms with Gasteiger partial charge in [0.15, 0.2) is 10.9 Å². The molecule has 1 aliphatic rings. The minimum atomic E-state index is -0.409. The van der Waals surface area contributed by atoms with Crippen molar-refractivity contribution < 1.29 is 14.0 Å². The predicted molar refractivity (Wildman–Crippen MR) is 131 cm³/mol. The number of rotatable bonds is 7. The Bertz CT molecular complexity index is 1190. The molecule has 1 aliphatic heterocycles. The molecule has 1 amide bonds. The highest BCUT2D eigenvalue weighted by molar-refractivity contribution is 7.99. The number of carbonyl (C=O) groups is 2. The maximum Gasteiger partial charge on any atom is 0.233 e. The number of aromatic nitrogens is 2. The molecule has 1 aromatic heterocycles. The largest absolute Gasteiger partial charge is 0.366 e. The number of thioether (sulfide) groups is 1. The number of imidazole rings is 1. The minimum absolute atomic E-state index is 0.0418. The molecule has 33 heavy (non-hydrogen) atoms. The Kier molecular flexibility index (Phi) is 7.24. The summed E-state index contributed by atoms with van der Waals surface area (Å²) in [6, 6.07) is 10.2. The van der Waals surface area contributed by atoms with E-state index < -0.39 is 5.82 Å². The van der Waals surface area contributed by atoms with Gasteiger partial charge >= 0.3 is 0 Å². The van der Waals surface area contributed by atoms with Crippen molar-refractivity contribution in [2.45, 2.75) is 32.0 Å². The lowest BCUT2D eigenvalue weighted by Crippen LogP contribution is -2.49. The van der Waals surface area contributed by atoms with E-state index in [4.69, 9.17) is 11.6 Å². The molecule has 0 atom stereocenters. The van der Waals surface area contributed by atoms with Gasteiger partial charge in [-0.25, -0.2) is 9.37 Å². The molecule has 0 radical (unpaired) electrons. The number of carbonyl (C=O) groups excluding carboxylic acids is 2. The molecule has 0 bridgehead atoms. The Hall–Kier alpha value is -2.58. The highest BCUT2D eigenvalue weighted by Crippen LogP contribution is 2.27. The fraction of sp³-hybridized carbons (Fsp3) is 0.375. The first-order chi connectivity index (χ1) is 15.9. The van der Waals surface area contributed by atoms with Crippen molar-refractivity contribution in [2.75, 3.05) is 36.8 Å². The van der Waals surface area contributed by atoms with Gasteiger partial charge in [-0.15, -0.1) is 0 Å². The molecule has 1 saturated heterocycles. The summed E-state index contributed by atoms with van der Waals surface area (Å²) < 4.78 is 16.6. The van der Waals surface area contributed by atoms with Gasteiger partial charge < -0.3 is 14.4 Å². The third-order valence-electron chi connectivity index (χ3n) is 5.77. The molecule has 1 fully saturated rings. The van der Waals surface area contributed by atoms with Crippen molar-refractivity contribution in [3.63, 3.8) is 0 Å². The normalized spacial score (nSPS) is 14.2. The van der Waals surface area contributed by atoms with Gasteiger partial charge in [-0.05, 0) is 49.7 Å². The van der Waals surface area contributed by atoms with E-state index in [0.717, 1.165) is 29.2 Å². The highest BCUT2D eigenvalue weighted by atomic mass is 35.5. The average molecular weight is 489 g/mol. The van der Waals surface area contributed by atoms with E-state index in [9.17, 15) is 14.0 Å². The van der Waals surface area contributed by atoms with Crippen LogP contribution in [0, 0.1) is 5.82 Å². The maximum atomic E-state index is 14.5. The van der Waals surface area contributed by atoms with Crippen LogP contribution in [0.4, 0.5) is 10.1 Å². The fourth-order valence-corrected chi connectivity index (χ4v) is 5.14. The molecule has 174 valence electrons. The monoisotopic (exact) mass is 488 g/mol. The quantitative estimate of drug-likeness (QED) is 0.350. The number of benzene rings is 2. The van der Waals surface area contributed by atoms with Crippen molar-refractivity contribution in [3.05, 3.63) is 52.8 Å². The summed E-state index contributed by atoms with van der Waals surface area (Å²) in [5.74, 6) is -0.236. The van der Waals surface area contributed by atoms with Crippen LogP contribution < -0.4 is 4.90 Å². The number of aryl methyl sites for hydroxylation is 1. The second kappa shape index (κ2) is 10.1. The number of anilines is 1. The van der Waals surface area contributed by atoms with Crippen LogP contribution in [0.25, 0.3) is 11.0 Å². The topological polar surface area (TPSA) is 58.4 Å². The molecule has 0 saturated carbocycles. The number of hydrogen-bond donors (Lipinski definition) is 0. The lowest BCUT2D eigenvalue weighted by atomic mass is 10.1. The van der Waals surface area contributed by atoms with Crippen LogP contribution in [0.1, 0.15) is 30.6 Å². The minimum Gasteiger partial charge on any atom is -0.366 e. The van der Waals surface area contributed by atoms with Gasteiger partial charge in [0.05, 0.1) is 22.5 Å². The van der Waals surface area contributed by atoms with Gasteiger partial charge in [-0.3, -0.25) is 9.59 Å². The Labute approximate surface area is 201 Å². The summed E-state index contributed by atoms with van der Waals surface area (Å²) in [7, 11) is 0. The van der Waals surface area contributed by atoms with Gasteiger partial charge in [-0.2, -0.15) is 0 Å². The van der Waals surface area contributed by atoms with Gasteiger partial charge in [0.25, 0.3) is 0 Å². The van der Waals surface area contributed by atoms with E-state index in [2.05, 4.69) is 16.5 Å². The highest BCUT2D eigenvalue weighted by Gasteiger charge is 2.24. The van der Waals surface area contributed by atoms with Crippen molar-refractivity contribution in [1.82, 2.24) is 14.5 Å². The average Bonchev–Trinajstić information content (AvgIpc) is 3.14. The molecule has 3 aromatic rings. The zero-order chi connectivity index (χ0) is 23.5. The zero-order valence-corrected chi connectivity index (χ0v) is 20.3. The summed E-state index contributed by atoms with van der Waals surface area (Å²) in [4.78, 5) is 32.7. The van der Waals surface area contributed by atoms with Crippen LogP contribution >= 0.6 is 23.4 Å². The molecule has 2 heterocycles. The van der Waals surface area contributed by atoms with Crippen molar-refractivity contribution >= 4 is 51.8 Å². The Morgan fingerprint density at radius 1 is 1.12 bits per heavy atom. The number of Topliss-reactive ketones (excluding diaryl/α,β-unsaturated/α-hetero) is 1. The Balaban J connectivity index is 1.37. The maximum absolute atomic E-state index is 14.5. The van der Waals surface area contributed by atoms with Crippen molar-refractivity contribution in [2.24, 2.45) is 0 Å². The number of nitrogens with zero attached hydrogens (tertiary/aromatic N) is 4. The van der Waals surface area contributed by atoms with E-state index in [1.807, 2.05) is 28.0 Å². The van der Waals surface area contributed by atoms with Crippen molar-refractivity contribution in [3.8, 4) is 0 Å². The first-order valence-electron chi connectivity index (χ1n) is 11.0. The molecule has 0 aliphatic carbocycles. The number of fused-ring (bicyclic) bond motifs is 1. The number of ketones is 1. The molecule has 6 nitrogen and oxygen atoms in total. The second-order valence-corrected chi connectivity index (χ2v) is 9.44. The second-order valence-electron chi connectivity index (χ2n) is 8.06. The van der Waals surface area contributed by atoms with Gasteiger partial charge in [0.2, 0.25) is 5.91 Å². The summed E-state index contributed by atoms with van der Waals surface area (Å²) in [5, 5.41) is 1.45. The fourth-order valence-electron chi connectivity index (χ4n) is 4.03. The third-order valence-corrected chi connectivity index (χ3v) is 6.97. The molecule has 2 aromatic carbocycles. The predicted octanol–water partition coefficient (Wildman–Crippen LogP) is 4.88. The molecule has 0 unspecified atom stereocenters. The number of halogens is 2. The third kappa shape index (κ3) is 5.17. The Morgan fingerprint density at radius 3 is 2.55 bits per heavy atom. The summed E-state index contributed by atoms with van der Waals surface area (Å²) in [5.41, 5.74) is 2.67. The van der Waals surface area contributed by atoms with Crippen LogP contribution in [0.3, 0.4) is 0 Å². The number of piperazine rings is 1. The van der Waals surface area contributed by atoms with Crippen LogP contribution in [0.2, 0.25) is 5.02 Å². The first-order valence-corrected chi connectivity index (χ1v) is 12.4. The van der Waals surface area contributed by atoms with Gasteiger partial charge in [-0.1, -0.05) is 30.3 Å². The van der Waals surface area contributed by atoms with Crippen LogP contribution in [-0.4, -0.2) is 58.1 Å².